The van der Waals surface area contributed by atoms with E-state index in [0.717, 1.165) is 39.3 Å². The minimum atomic E-state index is -1.08. The van der Waals surface area contributed by atoms with E-state index in [4.69, 9.17) is 9.47 Å². The highest BCUT2D eigenvalue weighted by Crippen LogP contribution is 2.16. The van der Waals surface area contributed by atoms with Crippen molar-refractivity contribution in [3.05, 3.63) is 35.4 Å². The lowest BCUT2D eigenvalue weighted by atomic mass is 10.1. The van der Waals surface area contributed by atoms with Crippen molar-refractivity contribution >= 4 is 11.9 Å². The molecule has 0 aliphatic carbocycles. The normalized spacial score (nSPS) is 22.4. The molecule has 2 fully saturated rings. The van der Waals surface area contributed by atoms with Gasteiger partial charge in [0.25, 0.3) is 5.91 Å². The molecule has 0 unspecified atom stereocenters. The Morgan fingerprint density at radius 3 is 2.52 bits per heavy atom. The van der Waals surface area contributed by atoms with Crippen molar-refractivity contribution < 1.29 is 24.2 Å². The van der Waals surface area contributed by atoms with E-state index in [1.165, 1.54) is 6.07 Å². The summed E-state index contributed by atoms with van der Waals surface area (Å²) in [6.07, 6.45) is 0.683. The van der Waals surface area contributed by atoms with Crippen molar-refractivity contribution in [1.82, 2.24) is 9.80 Å². The number of hydrogen-bond donors (Lipinski definition) is 1. The Bertz CT molecular complexity index is 615. The highest BCUT2D eigenvalue weighted by Gasteiger charge is 2.27. The molecule has 1 aromatic rings. The first kappa shape index (κ1) is 17.8. The molecule has 1 aromatic carbocycles. The third-order valence-corrected chi connectivity index (χ3v) is 4.59. The molecule has 0 aromatic heterocycles. The first-order valence-electron chi connectivity index (χ1n) is 8.68. The molecule has 2 aliphatic rings. The quantitative estimate of drug-likeness (QED) is 0.873. The average molecular weight is 348 g/mol. The van der Waals surface area contributed by atoms with Crippen molar-refractivity contribution in [3.63, 3.8) is 0 Å². The van der Waals surface area contributed by atoms with Crippen LogP contribution in [0.4, 0.5) is 0 Å². The predicted octanol–water partition coefficient (Wildman–Crippen LogP) is 0.948. The lowest BCUT2D eigenvalue weighted by Gasteiger charge is -2.31. The summed E-state index contributed by atoms with van der Waals surface area (Å²) in [6.45, 7) is 5.61. The molecule has 1 N–H and O–H groups in total. The van der Waals surface area contributed by atoms with E-state index in [1.54, 1.807) is 23.1 Å². The molecule has 7 heteroatoms. The molecule has 7 nitrogen and oxygen atoms in total. The molecule has 0 radical (unpaired) electrons. The van der Waals surface area contributed by atoms with E-state index in [9.17, 15) is 14.7 Å². The molecular weight excluding hydrogens is 324 g/mol. The molecule has 2 aliphatic heterocycles. The maximum atomic E-state index is 12.9. The smallest absolute Gasteiger partial charge is 0.336 e. The number of aromatic carboxylic acids is 1. The fraction of sp³-hybridized carbons (Fsp3) is 0.556. The average Bonchev–Trinajstić information content (AvgIpc) is 2.87. The molecule has 3 rings (SSSR count). The van der Waals surface area contributed by atoms with Gasteiger partial charge in [0.15, 0.2) is 0 Å². The topological polar surface area (TPSA) is 79.3 Å². The minimum Gasteiger partial charge on any atom is -0.478 e. The number of carboxylic acid groups (broad SMARTS) is 1. The fourth-order valence-electron chi connectivity index (χ4n) is 3.29. The van der Waals surface area contributed by atoms with Crippen LogP contribution in [0, 0.1) is 0 Å². The highest BCUT2D eigenvalue weighted by atomic mass is 16.5. The molecule has 2 heterocycles. The lowest BCUT2D eigenvalue weighted by molar-refractivity contribution is -0.0112. The predicted molar refractivity (Wildman–Crippen MR) is 90.9 cm³/mol. The van der Waals surface area contributed by atoms with Gasteiger partial charge in [-0.2, -0.15) is 0 Å². The highest BCUT2D eigenvalue weighted by molar-refractivity contribution is 6.04. The number of nitrogens with zero attached hydrogens (tertiary/aromatic N) is 2. The number of morpholine rings is 1. The van der Waals surface area contributed by atoms with Crippen LogP contribution in [0.2, 0.25) is 0 Å². The van der Waals surface area contributed by atoms with E-state index in [-0.39, 0.29) is 23.1 Å². The molecule has 2 saturated heterocycles. The zero-order valence-corrected chi connectivity index (χ0v) is 14.2. The summed E-state index contributed by atoms with van der Waals surface area (Å²) in [5.74, 6) is -1.32. The Morgan fingerprint density at radius 1 is 1.08 bits per heavy atom. The maximum Gasteiger partial charge on any atom is 0.336 e. The second kappa shape index (κ2) is 8.42. The van der Waals surface area contributed by atoms with Crippen LogP contribution >= 0.6 is 0 Å². The van der Waals surface area contributed by atoms with Gasteiger partial charge in [0.2, 0.25) is 0 Å². The van der Waals surface area contributed by atoms with Crippen LogP contribution in [0.25, 0.3) is 0 Å². The molecule has 0 bridgehead atoms. The standard InChI is InChI=1S/C18H24N2O5/c21-17(15-4-1-2-5-16(15)18(22)23)20-6-3-9-25-14(13-20)12-19-7-10-24-11-8-19/h1-2,4-5,14H,3,6-13H2,(H,22,23)/t14-/m1/s1. The van der Waals surface area contributed by atoms with E-state index in [2.05, 4.69) is 4.90 Å². The Labute approximate surface area is 147 Å². The van der Waals surface area contributed by atoms with Gasteiger partial charge >= 0.3 is 5.97 Å². The molecule has 1 atom stereocenters. The van der Waals surface area contributed by atoms with Crippen molar-refractivity contribution in [2.24, 2.45) is 0 Å². The minimum absolute atomic E-state index is 0.0439. The Morgan fingerprint density at radius 2 is 1.80 bits per heavy atom. The second-order valence-electron chi connectivity index (χ2n) is 6.36. The molecule has 0 spiro atoms. The summed E-state index contributed by atoms with van der Waals surface area (Å²) < 4.78 is 11.3. The van der Waals surface area contributed by atoms with E-state index in [1.807, 2.05) is 0 Å². The van der Waals surface area contributed by atoms with Crippen LogP contribution in [0.3, 0.4) is 0 Å². The number of amides is 1. The Hall–Kier alpha value is -1.96. The second-order valence-corrected chi connectivity index (χ2v) is 6.36. The first-order valence-corrected chi connectivity index (χ1v) is 8.68. The number of benzene rings is 1. The number of carbonyl (C=O) groups excluding carboxylic acids is 1. The van der Waals surface area contributed by atoms with Gasteiger partial charge < -0.3 is 19.5 Å². The van der Waals surface area contributed by atoms with Gasteiger partial charge in [-0.3, -0.25) is 9.69 Å². The van der Waals surface area contributed by atoms with Crippen LogP contribution in [0.5, 0.6) is 0 Å². The Kier molecular flexibility index (Phi) is 6.01. The summed E-state index contributed by atoms with van der Waals surface area (Å²) >= 11 is 0. The van der Waals surface area contributed by atoms with Crippen LogP contribution in [0.15, 0.2) is 24.3 Å². The van der Waals surface area contributed by atoms with Gasteiger partial charge in [-0.05, 0) is 18.6 Å². The zero-order chi connectivity index (χ0) is 17.6. The van der Waals surface area contributed by atoms with Crippen molar-refractivity contribution in [2.75, 3.05) is 52.5 Å². The summed E-state index contributed by atoms with van der Waals surface area (Å²) in [5, 5.41) is 9.32. The third-order valence-electron chi connectivity index (χ3n) is 4.59. The van der Waals surface area contributed by atoms with Crippen molar-refractivity contribution in [3.8, 4) is 0 Å². The lowest BCUT2D eigenvalue weighted by Crippen LogP contribution is -2.46. The molecule has 1 amide bonds. The summed E-state index contributed by atoms with van der Waals surface area (Å²) in [7, 11) is 0. The van der Waals surface area contributed by atoms with Crippen molar-refractivity contribution in [2.45, 2.75) is 12.5 Å². The van der Waals surface area contributed by atoms with Crippen LogP contribution in [-0.2, 0) is 9.47 Å². The van der Waals surface area contributed by atoms with Gasteiger partial charge in [-0.25, -0.2) is 4.79 Å². The van der Waals surface area contributed by atoms with E-state index >= 15 is 0 Å². The molecule has 136 valence electrons. The van der Waals surface area contributed by atoms with E-state index in [0.29, 0.717) is 19.7 Å². The van der Waals surface area contributed by atoms with Gasteiger partial charge in [-0.15, -0.1) is 0 Å². The maximum absolute atomic E-state index is 12.9. The number of ether oxygens (including phenoxy) is 2. The zero-order valence-electron chi connectivity index (χ0n) is 14.2. The van der Waals surface area contributed by atoms with E-state index < -0.39 is 5.97 Å². The van der Waals surface area contributed by atoms with Gasteiger partial charge in [0.1, 0.15) is 0 Å². The monoisotopic (exact) mass is 348 g/mol. The summed E-state index contributed by atoms with van der Waals surface area (Å²) in [5.41, 5.74) is 0.282. The largest absolute Gasteiger partial charge is 0.478 e. The molecule has 0 saturated carbocycles. The summed E-state index contributed by atoms with van der Waals surface area (Å²) in [6, 6.07) is 6.37. The van der Waals surface area contributed by atoms with Gasteiger partial charge in [0.05, 0.1) is 30.4 Å². The van der Waals surface area contributed by atoms with Crippen LogP contribution in [-0.4, -0.2) is 85.4 Å². The first-order chi connectivity index (χ1) is 12.1. The number of carbonyl (C=O) groups is 2. The van der Waals surface area contributed by atoms with Gasteiger partial charge in [-0.1, -0.05) is 12.1 Å². The van der Waals surface area contributed by atoms with Crippen molar-refractivity contribution in [1.29, 1.82) is 0 Å². The van der Waals surface area contributed by atoms with Gasteiger partial charge in [0, 0.05) is 39.3 Å². The Balaban J connectivity index is 1.70. The third kappa shape index (κ3) is 4.56. The van der Waals surface area contributed by atoms with Crippen LogP contribution < -0.4 is 0 Å². The number of hydrogen-bond acceptors (Lipinski definition) is 5. The fourth-order valence-corrected chi connectivity index (χ4v) is 3.29. The van der Waals surface area contributed by atoms with Crippen LogP contribution in [0.1, 0.15) is 27.1 Å². The number of carboxylic acids is 1. The molecular formula is C18H24N2O5. The molecule has 25 heavy (non-hydrogen) atoms. The number of rotatable bonds is 4. The summed E-state index contributed by atoms with van der Waals surface area (Å²) in [4.78, 5) is 28.3. The SMILES string of the molecule is O=C(O)c1ccccc1C(=O)N1CCCO[C@H](CN2CCOCC2)C1.